The molecular weight excluding hydrogens is 331 g/mol. The van der Waals surface area contributed by atoms with Crippen molar-refractivity contribution < 1.29 is 4.39 Å². The largest absolute Gasteiger partial charge is 0.354 e. The summed E-state index contributed by atoms with van der Waals surface area (Å²) in [5.41, 5.74) is 0.915. The van der Waals surface area contributed by atoms with Gasteiger partial charge >= 0.3 is 0 Å². The lowest BCUT2D eigenvalue weighted by Gasteiger charge is -2.23. The highest BCUT2D eigenvalue weighted by atomic mass is 19.1. The van der Waals surface area contributed by atoms with Gasteiger partial charge in [0.25, 0.3) is 0 Å². The molecule has 2 aromatic rings. The van der Waals surface area contributed by atoms with Crippen molar-refractivity contribution in [2.75, 3.05) is 20.1 Å². The summed E-state index contributed by atoms with van der Waals surface area (Å²) >= 11 is 0. The molecule has 0 radical (unpaired) electrons. The molecule has 0 saturated heterocycles. The van der Waals surface area contributed by atoms with Gasteiger partial charge < -0.3 is 14.8 Å². The second-order valence-corrected chi connectivity index (χ2v) is 6.77. The molecule has 0 spiro atoms. The molecule has 26 heavy (non-hydrogen) atoms. The molecule has 0 aliphatic rings. The molecule has 1 aromatic heterocycles. The number of aryl methyl sites for hydroxylation is 1. The fourth-order valence-corrected chi connectivity index (χ4v) is 2.59. The normalized spacial score (nSPS) is 11.8. The number of benzene rings is 1. The lowest BCUT2D eigenvalue weighted by Crippen LogP contribution is -2.40. The van der Waals surface area contributed by atoms with Crippen molar-refractivity contribution in [2.24, 2.45) is 10.9 Å². The van der Waals surface area contributed by atoms with Crippen LogP contribution in [0, 0.1) is 11.7 Å². The van der Waals surface area contributed by atoms with Crippen LogP contribution in [0.5, 0.6) is 0 Å². The zero-order chi connectivity index (χ0) is 18.9. The summed E-state index contributed by atoms with van der Waals surface area (Å²) in [5.74, 6) is 2.04. The summed E-state index contributed by atoms with van der Waals surface area (Å²) in [6.45, 7) is 9.16. The van der Waals surface area contributed by atoms with Gasteiger partial charge in [-0.25, -0.2) is 4.39 Å². The Morgan fingerprint density at radius 1 is 1.38 bits per heavy atom. The number of aromatic nitrogens is 3. The zero-order valence-electron chi connectivity index (χ0n) is 16.1. The van der Waals surface area contributed by atoms with Gasteiger partial charge in [0, 0.05) is 39.6 Å². The van der Waals surface area contributed by atoms with Crippen LogP contribution in [0.15, 0.2) is 35.6 Å². The van der Waals surface area contributed by atoms with Gasteiger partial charge in [0.05, 0.1) is 0 Å². The van der Waals surface area contributed by atoms with E-state index in [2.05, 4.69) is 36.3 Å². The van der Waals surface area contributed by atoms with Crippen molar-refractivity contribution in [2.45, 2.75) is 40.3 Å². The second-order valence-electron chi connectivity index (χ2n) is 6.77. The van der Waals surface area contributed by atoms with E-state index in [1.54, 1.807) is 18.5 Å². The predicted molar refractivity (Wildman–Crippen MR) is 102 cm³/mol. The molecule has 6 nitrogen and oxygen atoms in total. The van der Waals surface area contributed by atoms with Crippen LogP contribution in [0.2, 0.25) is 0 Å². The van der Waals surface area contributed by atoms with Crippen LogP contribution in [0.1, 0.15) is 32.2 Å². The SMILES string of the molecule is CCc1nncn1CCNC(=NCC(C)C)N(C)Cc1cccc(F)c1. The van der Waals surface area contributed by atoms with Crippen LogP contribution in [-0.2, 0) is 19.5 Å². The van der Waals surface area contributed by atoms with E-state index < -0.39 is 0 Å². The summed E-state index contributed by atoms with van der Waals surface area (Å²) in [5, 5.41) is 11.5. The smallest absolute Gasteiger partial charge is 0.194 e. The molecule has 0 fully saturated rings. The Kier molecular flexibility index (Phi) is 7.56. The molecule has 7 heteroatoms. The number of hydrogen-bond acceptors (Lipinski definition) is 3. The molecule has 142 valence electrons. The minimum absolute atomic E-state index is 0.218. The Morgan fingerprint density at radius 2 is 2.19 bits per heavy atom. The maximum absolute atomic E-state index is 13.4. The quantitative estimate of drug-likeness (QED) is 0.581. The molecular formula is C19H29FN6. The highest BCUT2D eigenvalue weighted by molar-refractivity contribution is 5.79. The Labute approximate surface area is 155 Å². The van der Waals surface area contributed by atoms with E-state index in [1.165, 1.54) is 6.07 Å². The Morgan fingerprint density at radius 3 is 2.88 bits per heavy atom. The van der Waals surface area contributed by atoms with Crippen LogP contribution < -0.4 is 5.32 Å². The first-order valence-corrected chi connectivity index (χ1v) is 9.10. The average Bonchev–Trinajstić information content (AvgIpc) is 3.05. The first-order chi connectivity index (χ1) is 12.5. The van der Waals surface area contributed by atoms with Crippen LogP contribution in [0.25, 0.3) is 0 Å². The molecule has 0 amide bonds. The second kappa shape index (κ2) is 9.89. The maximum atomic E-state index is 13.4. The van der Waals surface area contributed by atoms with Crippen molar-refractivity contribution >= 4 is 5.96 Å². The van der Waals surface area contributed by atoms with Gasteiger partial charge in [0.1, 0.15) is 18.0 Å². The van der Waals surface area contributed by atoms with E-state index in [-0.39, 0.29) is 5.82 Å². The van der Waals surface area contributed by atoms with Gasteiger partial charge in [-0.15, -0.1) is 10.2 Å². The number of nitrogens with one attached hydrogen (secondary N) is 1. The van der Waals surface area contributed by atoms with Gasteiger partial charge in [0.15, 0.2) is 5.96 Å². The molecule has 1 heterocycles. The van der Waals surface area contributed by atoms with Crippen molar-refractivity contribution in [1.82, 2.24) is 25.0 Å². The van der Waals surface area contributed by atoms with Gasteiger partial charge in [-0.1, -0.05) is 32.9 Å². The Balaban J connectivity index is 1.99. The summed E-state index contributed by atoms with van der Waals surface area (Å²) in [6, 6.07) is 6.67. The monoisotopic (exact) mass is 360 g/mol. The highest BCUT2D eigenvalue weighted by Crippen LogP contribution is 2.07. The topological polar surface area (TPSA) is 58.3 Å². The number of halogens is 1. The van der Waals surface area contributed by atoms with E-state index in [9.17, 15) is 4.39 Å². The van der Waals surface area contributed by atoms with Crippen molar-refractivity contribution in [3.05, 3.63) is 47.8 Å². The van der Waals surface area contributed by atoms with Crippen molar-refractivity contribution in [1.29, 1.82) is 0 Å². The first-order valence-electron chi connectivity index (χ1n) is 9.10. The van der Waals surface area contributed by atoms with Gasteiger partial charge in [-0.05, 0) is 23.6 Å². The summed E-state index contributed by atoms with van der Waals surface area (Å²) in [7, 11) is 1.97. The third kappa shape index (κ3) is 6.13. The predicted octanol–water partition coefficient (Wildman–Crippen LogP) is 2.71. The number of nitrogens with zero attached hydrogens (tertiary/aromatic N) is 5. The molecule has 0 aliphatic heterocycles. The lowest BCUT2D eigenvalue weighted by atomic mass is 10.2. The summed E-state index contributed by atoms with van der Waals surface area (Å²) in [6.07, 6.45) is 2.61. The molecule has 1 N–H and O–H groups in total. The van der Waals surface area contributed by atoms with Gasteiger partial charge in [0.2, 0.25) is 0 Å². The van der Waals surface area contributed by atoms with E-state index in [4.69, 9.17) is 4.99 Å². The molecule has 0 atom stereocenters. The van der Waals surface area contributed by atoms with E-state index in [0.29, 0.717) is 12.5 Å². The number of aliphatic imine (C=N–C) groups is 1. The summed E-state index contributed by atoms with van der Waals surface area (Å²) < 4.78 is 15.5. The Bertz CT molecular complexity index is 710. The fraction of sp³-hybridized carbons (Fsp3) is 0.526. The zero-order valence-corrected chi connectivity index (χ0v) is 16.1. The minimum atomic E-state index is -0.218. The van der Waals surface area contributed by atoms with E-state index in [0.717, 1.165) is 43.4 Å². The molecule has 0 saturated carbocycles. The van der Waals surface area contributed by atoms with Crippen LogP contribution in [0.4, 0.5) is 4.39 Å². The third-order valence-corrected chi connectivity index (χ3v) is 3.92. The van der Waals surface area contributed by atoms with Crippen LogP contribution in [0.3, 0.4) is 0 Å². The maximum Gasteiger partial charge on any atom is 0.194 e. The molecule has 1 aromatic carbocycles. The summed E-state index contributed by atoms with van der Waals surface area (Å²) in [4.78, 5) is 6.72. The van der Waals surface area contributed by atoms with E-state index >= 15 is 0 Å². The third-order valence-electron chi connectivity index (χ3n) is 3.92. The standard InChI is InChI=1S/C19H29FN6/c1-5-18-24-23-14-26(18)10-9-21-19(22-12-15(2)3)25(4)13-16-7-6-8-17(20)11-16/h6-8,11,14-15H,5,9-10,12-13H2,1-4H3,(H,21,22). The lowest BCUT2D eigenvalue weighted by molar-refractivity contribution is 0.466. The fourth-order valence-electron chi connectivity index (χ4n) is 2.59. The molecule has 0 aliphatic carbocycles. The van der Waals surface area contributed by atoms with Gasteiger partial charge in [-0.3, -0.25) is 4.99 Å². The van der Waals surface area contributed by atoms with Crippen LogP contribution >= 0.6 is 0 Å². The number of hydrogen-bond donors (Lipinski definition) is 1. The first kappa shape index (κ1) is 19.9. The number of guanidine groups is 1. The molecule has 0 bridgehead atoms. The number of rotatable bonds is 8. The highest BCUT2D eigenvalue weighted by Gasteiger charge is 2.09. The average molecular weight is 360 g/mol. The molecule has 0 unspecified atom stereocenters. The van der Waals surface area contributed by atoms with Crippen molar-refractivity contribution in [3.8, 4) is 0 Å². The molecule has 2 rings (SSSR count). The minimum Gasteiger partial charge on any atom is -0.354 e. The van der Waals surface area contributed by atoms with Crippen molar-refractivity contribution in [3.63, 3.8) is 0 Å². The van der Waals surface area contributed by atoms with Crippen LogP contribution in [-0.4, -0.2) is 45.8 Å². The van der Waals surface area contributed by atoms with Gasteiger partial charge in [-0.2, -0.15) is 0 Å². The Hall–Kier alpha value is -2.44. The van der Waals surface area contributed by atoms with E-state index in [1.807, 2.05) is 22.6 Å².